The van der Waals surface area contributed by atoms with Gasteiger partial charge in [0, 0.05) is 30.0 Å². The van der Waals surface area contributed by atoms with Crippen molar-refractivity contribution >= 4 is 21.7 Å². The minimum atomic E-state index is 0.834. The van der Waals surface area contributed by atoms with E-state index in [1.54, 1.807) is 0 Å². The van der Waals surface area contributed by atoms with Crippen LogP contribution in [0.5, 0.6) is 0 Å². The Morgan fingerprint density at radius 3 is 3.00 bits per heavy atom. The third-order valence-corrected chi connectivity index (χ3v) is 3.91. The van der Waals surface area contributed by atoms with Gasteiger partial charge in [0.05, 0.1) is 12.2 Å². The van der Waals surface area contributed by atoms with Crippen LogP contribution in [0, 0.1) is 6.92 Å². The van der Waals surface area contributed by atoms with Crippen molar-refractivity contribution in [1.29, 1.82) is 0 Å². The number of halogens is 1. The van der Waals surface area contributed by atoms with Gasteiger partial charge in [-0.1, -0.05) is 0 Å². The number of rotatable bonds is 1. The number of anilines is 1. The summed E-state index contributed by atoms with van der Waals surface area (Å²) in [6.45, 7) is 4.81. The summed E-state index contributed by atoms with van der Waals surface area (Å²) in [5.41, 5.74) is 1.02. The van der Waals surface area contributed by atoms with Crippen LogP contribution in [0.25, 0.3) is 0 Å². The van der Waals surface area contributed by atoms with Gasteiger partial charge in [-0.05, 0) is 35.0 Å². The topological polar surface area (TPSA) is 34.0 Å². The van der Waals surface area contributed by atoms with Crippen molar-refractivity contribution in [1.82, 2.24) is 14.5 Å². The van der Waals surface area contributed by atoms with Crippen LogP contribution in [0.2, 0.25) is 0 Å². The Morgan fingerprint density at radius 1 is 1.29 bits per heavy atom. The molecular weight excluding hydrogens is 280 g/mol. The molecule has 0 radical (unpaired) electrons. The van der Waals surface area contributed by atoms with Gasteiger partial charge in [-0.2, -0.15) is 0 Å². The summed E-state index contributed by atoms with van der Waals surface area (Å²) in [6.07, 6.45) is 3.89. The highest BCUT2D eigenvalue weighted by molar-refractivity contribution is 9.10. The third kappa shape index (κ3) is 1.95. The molecule has 2 aromatic rings. The van der Waals surface area contributed by atoms with Gasteiger partial charge in [0.15, 0.2) is 0 Å². The van der Waals surface area contributed by atoms with Crippen molar-refractivity contribution in [2.45, 2.75) is 20.0 Å². The van der Waals surface area contributed by atoms with Crippen molar-refractivity contribution in [2.24, 2.45) is 0 Å². The van der Waals surface area contributed by atoms with Gasteiger partial charge in [-0.25, -0.2) is 9.97 Å². The summed E-state index contributed by atoms with van der Waals surface area (Å²) in [5.74, 6) is 2.14. The monoisotopic (exact) mass is 292 g/mol. The average molecular weight is 293 g/mol. The van der Waals surface area contributed by atoms with Gasteiger partial charge >= 0.3 is 0 Å². The number of pyridine rings is 1. The first-order valence-corrected chi connectivity index (χ1v) is 6.41. The Morgan fingerprint density at radius 2 is 2.18 bits per heavy atom. The van der Waals surface area contributed by atoms with E-state index in [1.165, 1.54) is 0 Å². The molecule has 0 atom stereocenters. The molecule has 4 nitrogen and oxygen atoms in total. The van der Waals surface area contributed by atoms with Gasteiger partial charge in [0.2, 0.25) is 0 Å². The van der Waals surface area contributed by atoms with Crippen LogP contribution < -0.4 is 4.90 Å². The van der Waals surface area contributed by atoms with Crippen LogP contribution in [-0.2, 0) is 13.1 Å². The van der Waals surface area contributed by atoms with E-state index in [1.807, 2.05) is 19.3 Å². The molecule has 3 rings (SSSR count). The number of hydrogen-bond acceptors (Lipinski definition) is 3. The summed E-state index contributed by atoms with van der Waals surface area (Å²) in [6, 6.07) is 4.11. The van der Waals surface area contributed by atoms with Crippen molar-refractivity contribution in [3.05, 3.63) is 40.5 Å². The lowest BCUT2D eigenvalue weighted by atomic mass is 10.3. The van der Waals surface area contributed by atoms with Gasteiger partial charge in [-0.3, -0.25) is 0 Å². The molecule has 0 amide bonds. The normalized spacial score (nSPS) is 14.8. The van der Waals surface area contributed by atoms with Crippen LogP contribution in [0.4, 0.5) is 5.82 Å². The molecule has 0 aromatic carbocycles. The molecule has 0 unspecified atom stereocenters. The standard InChI is InChI=1S/C12H13BrN4/c1-9-10(13)2-3-11(15-9)17-7-6-16-5-4-14-12(16)8-17/h2-5H,6-8H2,1H3. The zero-order valence-corrected chi connectivity index (χ0v) is 11.2. The van der Waals surface area contributed by atoms with Gasteiger partial charge in [0.1, 0.15) is 11.6 Å². The zero-order chi connectivity index (χ0) is 11.8. The van der Waals surface area contributed by atoms with Crippen LogP contribution in [0.1, 0.15) is 11.5 Å². The molecule has 17 heavy (non-hydrogen) atoms. The van der Waals surface area contributed by atoms with Crippen LogP contribution in [0.3, 0.4) is 0 Å². The fourth-order valence-electron chi connectivity index (χ4n) is 2.08. The molecule has 2 aromatic heterocycles. The maximum atomic E-state index is 4.60. The highest BCUT2D eigenvalue weighted by atomic mass is 79.9. The Labute approximate surface area is 108 Å². The van der Waals surface area contributed by atoms with E-state index in [9.17, 15) is 0 Å². The minimum Gasteiger partial charge on any atom is -0.347 e. The molecule has 0 saturated heterocycles. The molecule has 1 aliphatic rings. The fourth-order valence-corrected chi connectivity index (χ4v) is 2.30. The number of fused-ring (bicyclic) bond motifs is 1. The van der Waals surface area contributed by atoms with Gasteiger partial charge < -0.3 is 9.47 Å². The van der Waals surface area contributed by atoms with Gasteiger partial charge in [-0.15, -0.1) is 0 Å². The molecule has 0 spiro atoms. The molecule has 1 aliphatic heterocycles. The van der Waals surface area contributed by atoms with Crippen LogP contribution in [0.15, 0.2) is 29.0 Å². The van der Waals surface area contributed by atoms with E-state index in [0.29, 0.717) is 0 Å². The second-order valence-corrected chi connectivity index (χ2v) is 5.05. The SMILES string of the molecule is Cc1nc(N2CCn3ccnc3C2)ccc1Br. The summed E-state index contributed by atoms with van der Waals surface area (Å²) >= 11 is 3.48. The molecule has 3 heterocycles. The number of aryl methyl sites for hydroxylation is 1. The van der Waals surface area contributed by atoms with E-state index in [4.69, 9.17) is 0 Å². The van der Waals surface area contributed by atoms with Crippen molar-refractivity contribution in [3.63, 3.8) is 0 Å². The van der Waals surface area contributed by atoms with E-state index in [2.05, 4.69) is 47.5 Å². The minimum absolute atomic E-state index is 0.834. The lowest BCUT2D eigenvalue weighted by Crippen LogP contribution is -2.34. The number of aromatic nitrogens is 3. The quantitative estimate of drug-likeness (QED) is 0.809. The van der Waals surface area contributed by atoms with E-state index in [-0.39, 0.29) is 0 Å². The van der Waals surface area contributed by atoms with Gasteiger partial charge in [0.25, 0.3) is 0 Å². The Bertz CT molecular complexity index is 549. The molecule has 88 valence electrons. The number of nitrogens with zero attached hydrogens (tertiary/aromatic N) is 4. The Balaban J connectivity index is 1.89. The fraction of sp³-hybridized carbons (Fsp3) is 0.333. The molecular formula is C12H13BrN4. The number of hydrogen-bond donors (Lipinski definition) is 0. The number of imidazole rings is 1. The highest BCUT2D eigenvalue weighted by Gasteiger charge is 2.17. The zero-order valence-electron chi connectivity index (χ0n) is 9.60. The highest BCUT2D eigenvalue weighted by Crippen LogP contribution is 2.22. The summed E-state index contributed by atoms with van der Waals surface area (Å²) < 4.78 is 3.25. The molecule has 0 bridgehead atoms. The Hall–Kier alpha value is -1.36. The molecule has 0 N–H and O–H groups in total. The molecule has 5 heteroatoms. The summed E-state index contributed by atoms with van der Waals surface area (Å²) in [5, 5.41) is 0. The smallest absolute Gasteiger partial charge is 0.129 e. The molecule has 0 fully saturated rings. The third-order valence-electron chi connectivity index (χ3n) is 3.08. The predicted molar refractivity (Wildman–Crippen MR) is 70.0 cm³/mol. The van der Waals surface area contributed by atoms with Crippen molar-refractivity contribution in [2.75, 3.05) is 11.4 Å². The maximum absolute atomic E-state index is 4.60. The van der Waals surface area contributed by atoms with Crippen LogP contribution in [-0.4, -0.2) is 21.1 Å². The lowest BCUT2D eigenvalue weighted by molar-refractivity contribution is 0.556. The first-order valence-electron chi connectivity index (χ1n) is 5.62. The first-order chi connectivity index (χ1) is 8.24. The lowest BCUT2D eigenvalue weighted by Gasteiger charge is -2.28. The van der Waals surface area contributed by atoms with Crippen molar-refractivity contribution in [3.8, 4) is 0 Å². The molecule has 0 saturated carbocycles. The average Bonchev–Trinajstić information content (AvgIpc) is 2.79. The van der Waals surface area contributed by atoms with Crippen LogP contribution >= 0.6 is 15.9 Å². The van der Waals surface area contributed by atoms with E-state index >= 15 is 0 Å². The molecule has 0 aliphatic carbocycles. The Kier molecular flexibility index (Phi) is 2.63. The predicted octanol–water partition coefficient (Wildman–Crippen LogP) is 2.37. The van der Waals surface area contributed by atoms with Crippen molar-refractivity contribution < 1.29 is 0 Å². The maximum Gasteiger partial charge on any atom is 0.129 e. The first kappa shape index (κ1) is 10.8. The largest absolute Gasteiger partial charge is 0.347 e. The van der Waals surface area contributed by atoms with E-state index < -0.39 is 0 Å². The summed E-state index contributed by atoms with van der Waals surface area (Å²) in [4.78, 5) is 11.2. The summed E-state index contributed by atoms with van der Waals surface area (Å²) in [7, 11) is 0. The second kappa shape index (κ2) is 4.14. The second-order valence-electron chi connectivity index (χ2n) is 4.20. The van der Waals surface area contributed by atoms with E-state index in [0.717, 1.165) is 41.4 Å².